The van der Waals surface area contributed by atoms with Gasteiger partial charge in [0.25, 0.3) is 6.47 Å². The first kappa shape index (κ1) is 38.3. The van der Waals surface area contributed by atoms with Crippen molar-refractivity contribution in [2.75, 3.05) is 18.1 Å². The van der Waals surface area contributed by atoms with E-state index in [1.807, 2.05) is 19.1 Å². The molecule has 0 aliphatic heterocycles. The van der Waals surface area contributed by atoms with Gasteiger partial charge in [-0.2, -0.15) is 0 Å². The van der Waals surface area contributed by atoms with E-state index in [2.05, 4.69) is 71.6 Å². The van der Waals surface area contributed by atoms with Gasteiger partial charge in [0, 0.05) is 11.3 Å². The molecule has 0 unspecified atom stereocenters. The van der Waals surface area contributed by atoms with Crippen LogP contribution in [0.15, 0.2) is 42.5 Å². The summed E-state index contributed by atoms with van der Waals surface area (Å²) in [5, 5.41) is 4.09. The number of fused-ring (bicyclic) bond motifs is 7. The molecule has 0 amide bonds. The lowest BCUT2D eigenvalue weighted by Crippen LogP contribution is -2.68. The largest absolute Gasteiger partial charge is 0.429 e. The van der Waals surface area contributed by atoms with Crippen LogP contribution in [0.3, 0.4) is 0 Å². The molecule has 4 saturated carbocycles. The Morgan fingerprint density at radius 3 is 2.31 bits per heavy atom. The minimum absolute atomic E-state index is 0. The predicted molar refractivity (Wildman–Crippen MR) is 204 cm³/mol. The van der Waals surface area contributed by atoms with Crippen LogP contribution in [0.1, 0.15) is 132 Å². The number of ether oxygens (including phenoxy) is 1. The fraction of sp³-hybridized carbons (Fsp3) is 0.744. The standard InChI is InChI=1S/C42H63NO4S.CH4/c1-9-26-48(45,46)27-10-25-43-42-22-17-32(29(2)3)37(42)34-15-16-36-39(6)20-18-33(30-11-13-31(14-12-30)47-28-44)38(4,5)35(39)19-21-41(36,8)40(34,7)23-24-42;/h11-14,18,28,32,34-37,43H,2,9-10,15-17,19-27H2,1,3-8H3;1H4/t32-,34+,35-,36+,37+,39-,40+,41+,42-;/m0./s1. The number of allylic oxidation sites excluding steroid dienone is 3. The quantitative estimate of drug-likeness (QED) is 0.142. The Kier molecular flexibility index (Phi) is 10.6. The summed E-state index contributed by atoms with van der Waals surface area (Å²) in [6.45, 7) is 23.1. The molecule has 0 aromatic heterocycles. The molecule has 0 spiro atoms. The van der Waals surface area contributed by atoms with Crippen molar-refractivity contribution in [3.05, 3.63) is 48.1 Å². The van der Waals surface area contributed by atoms with Gasteiger partial charge >= 0.3 is 0 Å². The van der Waals surface area contributed by atoms with Gasteiger partial charge in [-0.15, -0.1) is 0 Å². The number of carbonyl (C=O) groups excluding carboxylic acids is 1. The molecule has 274 valence electrons. The zero-order chi connectivity index (χ0) is 34.8. The van der Waals surface area contributed by atoms with Crippen molar-refractivity contribution in [3.63, 3.8) is 0 Å². The van der Waals surface area contributed by atoms with Gasteiger partial charge in [0.15, 0.2) is 0 Å². The van der Waals surface area contributed by atoms with E-state index in [4.69, 9.17) is 4.74 Å². The van der Waals surface area contributed by atoms with Gasteiger partial charge in [-0.25, -0.2) is 8.42 Å². The van der Waals surface area contributed by atoms with Gasteiger partial charge in [0.05, 0.1) is 5.75 Å². The molecule has 9 atom stereocenters. The molecule has 5 aliphatic carbocycles. The van der Waals surface area contributed by atoms with Crippen molar-refractivity contribution in [1.29, 1.82) is 0 Å². The number of hydrogen-bond donors (Lipinski definition) is 1. The first-order chi connectivity index (χ1) is 22.6. The van der Waals surface area contributed by atoms with Gasteiger partial charge in [0.1, 0.15) is 15.6 Å². The molecule has 0 bridgehead atoms. The molecule has 4 fully saturated rings. The fourth-order valence-electron chi connectivity index (χ4n) is 13.4. The van der Waals surface area contributed by atoms with Gasteiger partial charge in [-0.05, 0) is 159 Å². The molecule has 5 nitrogen and oxygen atoms in total. The van der Waals surface area contributed by atoms with Gasteiger partial charge in [-0.1, -0.05) is 79.3 Å². The van der Waals surface area contributed by atoms with E-state index < -0.39 is 9.84 Å². The summed E-state index contributed by atoms with van der Waals surface area (Å²) in [4.78, 5) is 10.9. The summed E-state index contributed by atoms with van der Waals surface area (Å²) in [7, 11) is -2.96. The first-order valence-electron chi connectivity index (χ1n) is 19.1. The summed E-state index contributed by atoms with van der Waals surface area (Å²) >= 11 is 0. The Labute approximate surface area is 299 Å². The van der Waals surface area contributed by atoms with Crippen LogP contribution in [0.2, 0.25) is 0 Å². The number of hydrogen-bond acceptors (Lipinski definition) is 5. The van der Waals surface area contributed by atoms with Crippen LogP contribution in [0.25, 0.3) is 5.57 Å². The summed E-state index contributed by atoms with van der Waals surface area (Å²) in [6.07, 6.45) is 15.1. The van der Waals surface area contributed by atoms with Crippen molar-refractivity contribution in [2.24, 2.45) is 51.2 Å². The van der Waals surface area contributed by atoms with Gasteiger partial charge < -0.3 is 10.1 Å². The van der Waals surface area contributed by atoms with E-state index in [9.17, 15) is 13.2 Å². The monoisotopic (exact) mass is 693 g/mol. The highest BCUT2D eigenvalue weighted by molar-refractivity contribution is 7.91. The minimum atomic E-state index is -2.96. The third-order valence-corrected chi connectivity index (χ3v) is 17.6. The van der Waals surface area contributed by atoms with Crippen molar-refractivity contribution < 1.29 is 17.9 Å². The van der Waals surface area contributed by atoms with Crippen LogP contribution in [0, 0.1) is 51.2 Å². The van der Waals surface area contributed by atoms with E-state index in [1.165, 1.54) is 68.1 Å². The molecule has 0 radical (unpaired) electrons. The molecule has 1 N–H and O–H groups in total. The predicted octanol–water partition coefficient (Wildman–Crippen LogP) is 10.1. The van der Waals surface area contributed by atoms with Crippen molar-refractivity contribution in [3.8, 4) is 5.75 Å². The third-order valence-electron chi connectivity index (χ3n) is 15.6. The second-order valence-electron chi connectivity index (χ2n) is 18.1. The fourth-order valence-corrected chi connectivity index (χ4v) is 14.8. The van der Waals surface area contributed by atoms with Crippen molar-refractivity contribution >= 4 is 21.9 Å². The SMILES string of the molecule is C.C=C(C)[C@@H]1CC[C@]2(NCCCS(=O)(=O)CCC)CC[C@]3(C)[C@H](CC[C@@H]4[C@@]5(C)CC=C(c6ccc(OC=O)cc6)C(C)(C)[C@@H]5CC[C@]43C)[C@@H]12. The maximum atomic E-state index is 12.5. The number of benzene rings is 1. The van der Waals surface area contributed by atoms with Crippen LogP contribution < -0.4 is 10.1 Å². The first-order valence-corrected chi connectivity index (χ1v) is 20.9. The summed E-state index contributed by atoms with van der Waals surface area (Å²) in [6, 6.07) is 8.09. The molecule has 49 heavy (non-hydrogen) atoms. The Hall–Kier alpha value is -1.92. The number of nitrogens with one attached hydrogen (secondary N) is 1. The second kappa shape index (κ2) is 13.6. The van der Waals surface area contributed by atoms with E-state index in [0.29, 0.717) is 66.2 Å². The van der Waals surface area contributed by atoms with Crippen molar-refractivity contribution in [1.82, 2.24) is 5.32 Å². The van der Waals surface area contributed by atoms with E-state index >= 15 is 0 Å². The average Bonchev–Trinajstić information content (AvgIpc) is 3.40. The van der Waals surface area contributed by atoms with Crippen molar-refractivity contribution in [2.45, 2.75) is 132 Å². The molecule has 1 aromatic carbocycles. The van der Waals surface area contributed by atoms with Gasteiger partial charge in [-0.3, -0.25) is 4.79 Å². The van der Waals surface area contributed by atoms with Crippen LogP contribution in [0.4, 0.5) is 0 Å². The average molecular weight is 694 g/mol. The zero-order valence-electron chi connectivity index (χ0n) is 31.0. The molecule has 6 heteroatoms. The minimum Gasteiger partial charge on any atom is -0.429 e. The van der Waals surface area contributed by atoms with Crippen LogP contribution in [-0.4, -0.2) is 38.5 Å². The highest BCUT2D eigenvalue weighted by Gasteiger charge is 2.70. The molecule has 6 rings (SSSR count). The highest BCUT2D eigenvalue weighted by atomic mass is 32.2. The highest BCUT2D eigenvalue weighted by Crippen LogP contribution is 2.76. The maximum Gasteiger partial charge on any atom is 0.298 e. The molecule has 0 saturated heterocycles. The smallest absolute Gasteiger partial charge is 0.298 e. The lowest BCUT2D eigenvalue weighted by Gasteiger charge is -2.72. The second-order valence-corrected chi connectivity index (χ2v) is 20.4. The Morgan fingerprint density at radius 1 is 0.939 bits per heavy atom. The van der Waals surface area contributed by atoms with E-state index in [0.717, 1.165) is 13.0 Å². The normalized spacial score (nSPS) is 39.2. The van der Waals surface area contributed by atoms with Gasteiger partial charge in [0.2, 0.25) is 0 Å². The number of rotatable bonds is 11. The number of carbonyl (C=O) groups is 1. The van der Waals surface area contributed by atoms with E-state index in [-0.39, 0.29) is 34.6 Å². The topological polar surface area (TPSA) is 72.5 Å². The zero-order valence-corrected chi connectivity index (χ0v) is 31.8. The van der Waals surface area contributed by atoms with Crippen LogP contribution in [-0.2, 0) is 14.6 Å². The lowest BCUT2D eigenvalue weighted by molar-refractivity contribution is -0.219. The molecule has 5 aliphatic rings. The molecule has 0 heterocycles. The summed E-state index contributed by atoms with van der Waals surface area (Å²) in [5.74, 6) is 4.25. The van der Waals surface area contributed by atoms with Crippen LogP contribution >= 0.6 is 0 Å². The Bertz CT molecular complexity index is 1530. The molecule has 1 aromatic rings. The molecular formula is C43H67NO4S. The number of sulfone groups is 1. The Balaban J connectivity index is 0.00000468. The van der Waals surface area contributed by atoms with Crippen LogP contribution in [0.5, 0.6) is 5.75 Å². The summed E-state index contributed by atoms with van der Waals surface area (Å²) < 4.78 is 30.1. The van der Waals surface area contributed by atoms with E-state index in [1.54, 1.807) is 0 Å². The summed E-state index contributed by atoms with van der Waals surface area (Å²) in [5.41, 5.74) is 4.97. The molecular weight excluding hydrogens is 627 g/mol. The lowest BCUT2D eigenvalue weighted by atomic mass is 9.33. The third kappa shape index (κ3) is 6.11. The maximum absolute atomic E-state index is 12.5. The Morgan fingerprint density at radius 2 is 1.65 bits per heavy atom.